The van der Waals surface area contributed by atoms with Crippen molar-refractivity contribution in [2.45, 2.75) is 77.4 Å². The van der Waals surface area contributed by atoms with Gasteiger partial charge in [0, 0.05) is 23.8 Å². The molecule has 5 nitrogen and oxygen atoms in total. The Hall–Kier alpha value is -1.92. The topological polar surface area (TPSA) is 49.9 Å². The van der Waals surface area contributed by atoms with Gasteiger partial charge in [-0.1, -0.05) is 24.6 Å². The van der Waals surface area contributed by atoms with Crippen molar-refractivity contribution in [3.63, 3.8) is 0 Å². The van der Waals surface area contributed by atoms with Crippen LogP contribution in [0, 0.1) is 5.92 Å². The number of rotatable bonds is 6. The number of hydrogen-bond donors (Lipinski definition) is 0. The molecule has 3 heterocycles. The van der Waals surface area contributed by atoms with Crippen molar-refractivity contribution in [2.24, 2.45) is 5.92 Å². The Balaban J connectivity index is 1.45. The van der Waals surface area contributed by atoms with Crippen molar-refractivity contribution < 1.29 is 14.3 Å². The van der Waals surface area contributed by atoms with Crippen LogP contribution < -0.4 is 0 Å². The Bertz CT molecular complexity index is 950. The number of piperidine rings is 2. The highest BCUT2D eigenvalue weighted by Gasteiger charge is 2.33. The van der Waals surface area contributed by atoms with Crippen LogP contribution in [0.15, 0.2) is 29.6 Å². The quantitative estimate of drug-likeness (QED) is 0.540. The van der Waals surface area contributed by atoms with Gasteiger partial charge in [0.2, 0.25) is 5.91 Å². The van der Waals surface area contributed by atoms with Crippen molar-refractivity contribution in [3.05, 3.63) is 35.2 Å². The predicted octanol–water partition coefficient (Wildman–Crippen LogP) is 5.27. The molecule has 1 unspecified atom stereocenters. The van der Waals surface area contributed by atoms with Crippen LogP contribution in [0.4, 0.5) is 0 Å². The van der Waals surface area contributed by atoms with E-state index in [0.717, 1.165) is 31.5 Å². The summed E-state index contributed by atoms with van der Waals surface area (Å²) in [5, 5.41) is 3.33. The molecule has 33 heavy (non-hydrogen) atoms. The van der Waals surface area contributed by atoms with Gasteiger partial charge in [-0.2, -0.15) is 0 Å². The molecular weight excluding hydrogens is 432 g/mol. The number of hydrogen-bond acceptors (Lipinski definition) is 5. The van der Waals surface area contributed by atoms with E-state index in [1.165, 1.54) is 42.4 Å². The molecule has 4 rings (SSSR count). The number of amides is 1. The molecule has 6 heteroatoms. The number of benzene rings is 1. The van der Waals surface area contributed by atoms with Gasteiger partial charge in [-0.3, -0.25) is 9.59 Å². The van der Waals surface area contributed by atoms with E-state index in [9.17, 15) is 9.59 Å². The predicted molar refractivity (Wildman–Crippen MR) is 135 cm³/mol. The Morgan fingerprint density at radius 2 is 1.76 bits per heavy atom. The number of carbonyl (C=O) groups is 2. The van der Waals surface area contributed by atoms with Gasteiger partial charge in [0.15, 0.2) is 0 Å². The molecule has 2 aromatic rings. The average Bonchev–Trinajstić information content (AvgIpc) is 3.20. The molecular formula is C27H38N2O3S. The van der Waals surface area contributed by atoms with Crippen LogP contribution in [0.3, 0.4) is 0 Å². The second kappa shape index (κ2) is 10.6. The van der Waals surface area contributed by atoms with Gasteiger partial charge in [0.05, 0.1) is 12.3 Å². The fourth-order valence-electron chi connectivity index (χ4n) is 5.28. The SMILES string of the molecule is CC(C)(C)OC(=O)CC(Cc1csc2ccccc12)C(=O)N1CCC(N2CCCCC2)CC1. The number of fused-ring (bicyclic) bond motifs is 1. The fourth-order valence-corrected chi connectivity index (χ4v) is 6.26. The summed E-state index contributed by atoms with van der Waals surface area (Å²) in [6.45, 7) is 9.60. The molecule has 1 aromatic heterocycles. The molecule has 0 spiro atoms. The zero-order valence-electron chi connectivity index (χ0n) is 20.3. The zero-order chi connectivity index (χ0) is 23.4. The lowest BCUT2D eigenvalue weighted by Gasteiger charge is -2.41. The fraction of sp³-hybridized carbons (Fsp3) is 0.630. The van der Waals surface area contributed by atoms with Gasteiger partial charge in [0.1, 0.15) is 5.60 Å². The molecule has 0 radical (unpaired) electrons. The van der Waals surface area contributed by atoms with Gasteiger partial charge in [-0.15, -0.1) is 11.3 Å². The second-order valence-electron chi connectivity index (χ2n) is 10.6. The van der Waals surface area contributed by atoms with E-state index in [4.69, 9.17) is 4.74 Å². The standard InChI is InChI=1S/C27H38N2O3S/c1-27(2,3)32-25(30)18-20(17-21-19-33-24-10-6-5-9-23(21)24)26(31)29-15-11-22(12-16-29)28-13-7-4-8-14-28/h5-6,9-10,19-20,22H,4,7-8,11-18H2,1-3H3. The van der Waals surface area contributed by atoms with Gasteiger partial charge in [-0.05, 0) is 88.4 Å². The van der Waals surface area contributed by atoms with E-state index < -0.39 is 5.60 Å². The number of thiophene rings is 1. The number of esters is 1. The summed E-state index contributed by atoms with van der Waals surface area (Å²) in [5.74, 6) is -0.568. The molecule has 2 aliphatic rings. The average molecular weight is 471 g/mol. The number of carbonyl (C=O) groups excluding carboxylic acids is 2. The van der Waals surface area contributed by atoms with Crippen LogP contribution in [0.2, 0.25) is 0 Å². The van der Waals surface area contributed by atoms with Crippen LogP contribution in [0.5, 0.6) is 0 Å². The summed E-state index contributed by atoms with van der Waals surface area (Å²) in [6.07, 6.45) is 6.72. The van der Waals surface area contributed by atoms with Crippen LogP contribution >= 0.6 is 11.3 Å². The third-order valence-corrected chi connectivity index (χ3v) is 7.91. The maximum Gasteiger partial charge on any atom is 0.307 e. The molecule has 1 amide bonds. The molecule has 1 atom stereocenters. The van der Waals surface area contributed by atoms with E-state index >= 15 is 0 Å². The third kappa shape index (κ3) is 6.36. The summed E-state index contributed by atoms with van der Waals surface area (Å²) >= 11 is 1.70. The smallest absolute Gasteiger partial charge is 0.307 e. The molecule has 2 saturated heterocycles. The Morgan fingerprint density at radius 3 is 2.45 bits per heavy atom. The maximum atomic E-state index is 13.7. The van der Waals surface area contributed by atoms with Crippen LogP contribution in [0.1, 0.15) is 64.9 Å². The Kier molecular flexibility index (Phi) is 7.75. The Labute approximate surface area is 202 Å². The van der Waals surface area contributed by atoms with Gasteiger partial charge in [0.25, 0.3) is 0 Å². The number of ether oxygens (including phenoxy) is 1. The molecule has 2 fully saturated rings. The second-order valence-corrected chi connectivity index (χ2v) is 11.5. The zero-order valence-corrected chi connectivity index (χ0v) is 21.2. The highest BCUT2D eigenvalue weighted by atomic mass is 32.1. The first-order chi connectivity index (χ1) is 15.8. The molecule has 0 aliphatic carbocycles. The highest BCUT2D eigenvalue weighted by Crippen LogP contribution is 2.30. The van der Waals surface area contributed by atoms with Gasteiger partial charge >= 0.3 is 5.97 Å². The van der Waals surface area contributed by atoms with E-state index in [2.05, 4.69) is 22.4 Å². The summed E-state index contributed by atoms with van der Waals surface area (Å²) in [7, 11) is 0. The van der Waals surface area contributed by atoms with Crippen LogP contribution in [-0.4, -0.2) is 59.5 Å². The first-order valence-electron chi connectivity index (χ1n) is 12.5. The molecule has 180 valence electrons. The third-order valence-electron chi connectivity index (χ3n) is 6.89. The van der Waals surface area contributed by atoms with E-state index in [0.29, 0.717) is 12.5 Å². The van der Waals surface area contributed by atoms with E-state index in [1.807, 2.05) is 37.8 Å². The van der Waals surface area contributed by atoms with Crippen LogP contribution in [-0.2, 0) is 20.7 Å². The van der Waals surface area contributed by atoms with E-state index in [1.54, 1.807) is 11.3 Å². The monoisotopic (exact) mass is 470 g/mol. The Morgan fingerprint density at radius 1 is 1.06 bits per heavy atom. The minimum Gasteiger partial charge on any atom is -0.460 e. The number of likely N-dealkylation sites (tertiary alicyclic amines) is 2. The van der Waals surface area contributed by atoms with Gasteiger partial charge < -0.3 is 14.5 Å². The molecule has 0 bridgehead atoms. The lowest BCUT2D eigenvalue weighted by molar-refractivity contribution is -0.158. The maximum absolute atomic E-state index is 13.7. The lowest BCUT2D eigenvalue weighted by Crippen LogP contribution is -2.49. The van der Waals surface area contributed by atoms with E-state index in [-0.39, 0.29) is 24.2 Å². The first-order valence-corrected chi connectivity index (χ1v) is 13.4. The van der Waals surface area contributed by atoms with Gasteiger partial charge in [-0.25, -0.2) is 0 Å². The van der Waals surface area contributed by atoms with Crippen molar-refractivity contribution in [2.75, 3.05) is 26.2 Å². The minimum atomic E-state index is -0.549. The summed E-state index contributed by atoms with van der Waals surface area (Å²) in [6, 6.07) is 8.90. The number of nitrogens with zero attached hydrogens (tertiary/aromatic N) is 2. The molecule has 0 saturated carbocycles. The van der Waals surface area contributed by atoms with Crippen molar-refractivity contribution in [3.8, 4) is 0 Å². The summed E-state index contributed by atoms with van der Waals surface area (Å²) in [4.78, 5) is 31.0. The molecule has 0 N–H and O–H groups in total. The first kappa shape index (κ1) is 24.2. The van der Waals surface area contributed by atoms with Crippen LogP contribution in [0.25, 0.3) is 10.1 Å². The molecule has 2 aliphatic heterocycles. The van der Waals surface area contributed by atoms with Crippen molar-refractivity contribution >= 4 is 33.3 Å². The van der Waals surface area contributed by atoms with Crippen molar-refractivity contribution in [1.82, 2.24) is 9.80 Å². The summed E-state index contributed by atoms with van der Waals surface area (Å²) < 4.78 is 6.82. The normalized spacial score (nSPS) is 19.5. The lowest BCUT2D eigenvalue weighted by atomic mass is 9.92. The highest BCUT2D eigenvalue weighted by molar-refractivity contribution is 7.17. The summed E-state index contributed by atoms with van der Waals surface area (Å²) in [5.41, 5.74) is 0.604. The largest absolute Gasteiger partial charge is 0.460 e. The molecule has 1 aromatic carbocycles. The minimum absolute atomic E-state index is 0.105. The van der Waals surface area contributed by atoms with Crippen molar-refractivity contribution in [1.29, 1.82) is 0 Å².